The average molecular weight is 284 g/mol. The lowest BCUT2D eigenvalue weighted by Crippen LogP contribution is -1.97. The zero-order valence-electron chi connectivity index (χ0n) is 9.34. The zero-order chi connectivity index (χ0) is 14.0. The Labute approximate surface area is 111 Å². The summed E-state index contributed by atoms with van der Waals surface area (Å²) < 4.78 is 18.2. The number of ether oxygens (including phenoxy) is 1. The number of aromatic nitrogens is 1. The molecular weight excluding hydrogens is 277 g/mol. The lowest BCUT2D eigenvalue weighted by atomic mass is 10.3. The normalized spacial score (nSPS) is 10.2. The molecule has 2 N–H and O–H groups in total. The van der Waals surface area contributed by atoms with Crippen molar-refractivity contribution in [3.05, 3.63) is 51.3 Å². The van der Waals surface area contributed by atoms with E-state index in [0.717, 1.165) is 18.2 Å². The van der Waals surface area contributed by atoms with Crippen LogP contribution in [-0.2, 0) is 0 Å². The fourth-order valence-electron chi connectivity index (χ4n) is 1.33. The lowest BCUT2D eigenvalue weighted by Gasteiger charge is -2.06. The van der Waals surface area contributed by atoms with Crippen LogP contribution in [0.25, 0.3) is 0 Å². The van der Waals surface area contributed by atoms with Gasteiger partial charge in [0.15, 0.2) is 0 Å². The van der Waals surface area contributed by atoms with E-state index in [9.17, 15) is 14.5 Å². The van der Waals surface area contributed by atoms with Crippen LogP contribution < -0.4 is 10.5 Å². The third-order valence-corrected chi connectivity index (χ3v) is 2.42. The van der Waals surface area contributed by atoms with Crippen LogP contribution in [0.4, 0.5) is 15.9 Å². The lowest BCUT2D eigenvalue weighted by molar-refractivity contribution is -0.384. The van der Waals surface area contributed by atoms with Crippen molar-refractivity contribution in [2.45, 2.75) is 0 Å². The predicted octanol–water partition coefficient (Wildman–Crippen LogP) is 3.16. The van der Waals surface area contributed by atoms with Crippen LogP contribution in [0.1, 0.15) is 0 Å². The molecule has 1 aromatic carbocycles. The Balaban J connectivity index is 2.32. The number of nitrogens with zero attached hydrogens (tertiary/aromatic N) is 2. The molecule has 0 spiro atoms. The first-order valence-corrected chi connectivity index (χ1v) is 5.38. The highest BCUT2D eigenvalue weighted by Crippen LogP contribution is 2.27. The molecule has 0 saturated carbocycles. The van der Waals surface area contributed by atoms with E-state index in [0.29, 0.717) is 0 Å². The Morgan fingerprint density at radius 2 is 2.11 bits per heavy atom. The molecule has 0 atom stereocenters. The van der Waals surface area contributed by atoms with Gasteiger partial charge in [0.05, 0.1) is 22.1 Å². The van der Waals surface area contributed by atoms with Crippen LogP contribution in [0, 0.1) is 15.9 Å². The molecule has 0 aliphatic heterocycles. The van der Waals surface area contributed by atoms with E-state index in [1.165, 1.54) is 12.1 Å². The summed E-state index contributed by atoms with van der Waals surface area (Å²) in [4.78, 5) is 13.8. The molecule has 0 saturated heterocycles. The van der Waals surface area contributed by atoms with Crippen molar-refractivity contribution in [2.75, 3.05) is 5.73 Å². The first-order valence-electron chi connectivity index (χ1n) is 5.00. The van der Waals surface area contributed by atoms with Gasteiger partial charge in [0.1, 0.15) is 17.4 Å². The van der Waals surface area contributed by atoms with Crippen molar-refractivity contribution in [3.8, 4) is 11.6 Å². The summed E-state index contributed by atoms with van der Waals surface area (Å²) >= 11 is 5.58. The Hall–Kier alpha value is -2.41. The van der Waals surface area contributed by atoms with Crippen LogP contribution in [0.15, 0.2) is 30.3 Å². The largest absolute Gasteiger partial charge is 0.439 e. The Morgan fingerprint density at radius 1 is 1.37 bits per heavy atom. The molecule has 0 bridgehead atoms. The van der Waals surface area contributed by atoms with Crippen LogP contribution >= 0.6 is 11.6 Å². The van der Waals surface area contributed by atoms with Gasteiger partial charge in [0, 0.05) is 6.07 Å². The average Bonchev–Trinajstić information content (AvgIpc) is 2.33. The smallest absolute Gasteiger partial charge is 0.278 e. The van der Waals surface area contributed by atoms with E-state index in [1.54, 1.807) is 0 Å². The summed E-state index contributed by atoms with van der Waals surface area (Å²) in [6.07, 6.45) is 0. The first kappa shape index (κ1) is 13.0. The van der Waals surface area contributed by atoms with Gasteiger partial charge in [-0.25, -0.2) is 4.39 Å². The minimum atomic E-state index is -0.622. The summed E-state index contributed by atoms with van der Waals surface area (Å²) in [6.45, 7) is 0. The summed E-state index contributed by atoms with van der Waals surface area (Å²) in [5.74, 6) is -0.536. The zero-order valence-corrected chi connectivity index (χ0v) is 10.1. The molecule has 0 fully saturated rings. The number of nitrogens with two attached hydrogens (primary N) is 1. The summed E-state index contributed by atoms with van der Waals surface area (Å²) in [7, 11) is 0. The summed E-state index contributed by atoms with van der Waals surface area (Å²) in [5.41, 5.74) is 5.17. The van der Waals surface area contributed by atoms with E-state index in [2.05, 4.69) is 4.98 Å². The van der Waals surface area contributed by atoms with Gasteiger partial charge in [0.25, 0.3) is 5.69 Å². The van der Waals surface area contributed by atoms with E-state index in [4.69, 9.17) is 22.1 Å². The van der Waals surface area contributed by atoms with Gasteiger partial charge < -0.3 is 10.5 Å². The van der Waals surface area contributed by atoms with Crippen LogP contribution in [0.2, 0.25) is 5.02 Å². The number of nitro groups is 1. The van der Waals surface area contributed by atoms with Crippen molar-refractivity contribution in [1.29, 1.82) is 0 Å². The molecule has 2 rings (SSSR count). The maximum Gasteiger partial charge on any atom is 0.278 e. The van der Waals surface area contributed by atoms with Crippen molar-refractivity contribution in [2.24, 2.45) is 0 Å². The highest BCUT2D eigenvalue weighted by Gasteiger charge is 2.12. The highest BCUT2D eigenvalue weighted by atomic mass is 35.5. The quantitative estimate of drug-likeness (QED) is 0.690. The SMILES string of the molecule is Nc1cc([N+](=O)[O-])cc(Oc2ccc(F)c(Cl)c2)n1. The molecular formula is C11H7ClFN3O3. The maximum atomic E-state index is 13.0. The number of rotatable bonds is 3. The Morgan fingerprint density at radius 3 is 2.74 bits per heavy atom. The molecule has 0 aliphatic carbocycles. The monoisotopic (exact) mass is 283 g/mol. The maximum absolute atomic E-state index is 13.0. The predicted molar refractivity (Wildman–Crippen MR) is 66.8 cm³/mol. The van der Waals surface area contributed by atoms with Gasteiger partial charge in [0.2, 0.25) is 5.88 Å². The summed E-state index contributed by atoms with van der Waals surface area (Å²) in [5, 5.41) is 10.5. The minimum absolute atomic E-state index is 0.0580. The second-order valence-corrected chi connectivity index (χ2v) is 3.93. The van der Waals surface area contributed by atoms with Gasteiger partial charge in [-0.1, -0.05) is 11.6 Å². The number of anilines is 1. The third-order valence-electron chi connectivity index (χ3n) is 2.13. The fourth-order valence-corrected chi connectivity index (χ4v) is 1.50. The molecule has 6 nitrogen and oxygen atoms in total. The topological polar surface area (TPSA) is 91.3 Å². The summed E-state index contributed by atoms with van der Waals surface area (Å²) in [6, 6.07) is 5.86. The number of hydrogen-bond acceptors (Lipinski definition) is 5. The van der Waals surface area contributed by atoms with E-state index < -0.39 is 10.7 Å². The molecule has 8 heteroatoms. The van der Waals surface area contributed by atoms with E-state index in [-0.39, 0.29) is 28.2 Å². The number of halogens is 2. The fraction of sp³-hybridized carbons (Fsp3) is 0. The van der Waals surface area contributed by atoms with E-state index >= 15 is 0 Å². The van der Waals surface area contributed by atoms with Gasteiger partial charge in [-0.2, -0.15) is 4.98 Å². The van der Waals surface area contributed by atoms with Crippen molar-refractivity contribution in [3.63, 3.8) is 0 Å². The third kappa shape index (κ3) is 3.08. The van der Waals surface area contributed by atoms with Crippen LogP contribution in [0.3, 0.4) is 0 Å². The Bertz CT molecular complexity index is 651. The van der Waals surface area contributed by atoms with Gasteiger partial charge in [-0.05, 0) is 12.1 Å². The van der Waals surface area contributed by atoms with Gasteiger partial charge in [-0.15, -0.1) is 0 Å². The van der Waals surface area contributed by atoms with Crippen molar-refractivity contribution >= 4 is 23.1 Å². The first-order chi connectivity index (χ1) is 8.95. The molecule has 0 amide bonds. The molecule has 0 aliphatic rings. The number of nitrogen functional groups attached to an aromatic ring is 1. The molecule has 1 heterocycles. The number of hydrogen-bond donors (Lipinski definition) is 1. The minimum Gasteiger partial charge on any atom is -0.439 e. The van der Waals surface area contributed by atoms with Gasteiger partial charge in [-0.3, -0.25) is 10.1 Å². The number of benzene rings is 1. The van der Waals surface area contributed by atoms with E-state index in [1.807, 2.05) is 0 Å². The van der Waals surface area contributed by atoms with Gasteiger partial charge >= 0.3 is 0 Å². The highest BCUT2D eigenvalue weighted by molar-refractivity contribution is 6.30. The molecule has 1 aromatic heterocycles. The molecule has 0 radical (unpaired) electrons. The molecule has 19 heavy (non-hydrogen) atoms. The second kappa shape index (κ2) is 5.07. The van der Waals surface area contributed by atoms with Crippen LogP contribution in [0.5, 0.6) is 11.6 Å². The Kier molecular flexibility index (Phi) is 3.48. The van der Waals surface area contributed by atoms with Crippen molar-refractivity contribution < 1.29 is 14.1 Å². The molecule has 0 unspecified atom stereocenters. The molecule has 2 aromatic rings. The van der Waals surface area contributed by atoms with Crippen LogP contribution in [-0.4, -0.2) is 9.91 Å². The number of pyridine rings is 1. The second-order valence-electron chi connectivity index (χ2n) is 3.52. The standard InChI is InChI=1S/C11H7ClFN3O3/c12-8-5-7(1-2-9(8)13)19-11-4-6(16(17)18)3-10(14)15-11/h1-5H,(H2,14,15). The molecule has 98 valence electrons. The van der Waals surface area contributed by atoms with Crippen molar-refractivity contribution in [1.82, 2.24) is 4.98 Å².